The van der Waals surface area contributed by atoms with Gasteiger partial charge in [0.15, 0.2) is 17.3 Å². The van der Waals surface area contributed by atoms with E-state index in [2.05, 4.69) is 21.2 Å². The number of benzene rings is 1. The molecule has 0 aliphatic heterocycles. The molecule has 0 aliphatic carbocycles. The van der Waals surface area contributed by atoms with Crippen molar-refractivity contribution in [2.45, 2.75) is 0 Å². The van der Waals surface area contributed by atoms with Gasteiger partial charge in [0.1, 0.15) is 5.82 Å². The van der Waals surface area contributed by atoms with E-state index in [1.165, 1.54) is 20.3 Å². The SMILES string of the molecule is CNCC(=O)c1c(Br)c(F)cc(OC)c1OC. The monoisotopic (exact) mass is 305 g/mol. The molecule has 1 N–H and O–H groups in total. The fourth-order valence-corrected chi connectivity index (χ4v) is 1.95. The summed E-state index contributed by atoms with van der Waals surface area (Å²) in [5.74, 6) is -0.440. The molecule has 1 aromatic carbocycles. The van der Waals surface area contributed by atoms with Gasteiger partial charge in [0, 0.05) is 6.07 Å². The first-order valence-corrected chi connectivity index (χ1v) is 5.63. The molecule has 0 heterocycles. The van der Waals surface area contributed by atoms with Gasteiger partial charge in [-0.15, -0.1) is 0 Å². The highest BCUT2D eigenvalue weighted by molar-refractivity contribution is 9.10. The van der Waals surface area contributed by atoms with Crippen molar-refractivity contribution in [3.8, 4) is 11.5 Å². The summed E-state index contributed by atoms with van der Waals surface area (Å²) in [5.41, 5.74) is 0.138. The Hall–Kier alpha value is -1.14. The predicted octanol–water partition coefficient (Wildman–Crippen LogP) is 2.01. The Bertz CT molecular complexity index is 437. The Kier molecular flexibility index (Phi) is 4.89. The number of nitrogens with one attached hydrogen (secondary N) is 1. The van der Waals surface area contributed by atoms with Gasteiger partial charge in [0.25, 0.3) is 0 Å². The molecule has 0 saturated carbocycles. The van der Waals surface area contributed by atoms with Gasteiger partial charge in [-0.1, -0.05) is 0 Å². The predicted molar refractivity (Wildman–Crippen MR) is 65.5 cm³/mol. The maximum atomic E-state index is 13.6. The van der Waals surface area contributed by atoms with E-state index in [1.807, 2.05) is 0 Å². The number of rotatable bonds is 5. The first-order valence-electron chi connectivity index (χ1n) is 4.84. The molecular weight excluding hydrogens is 293 g/mol. The third-order valence-corrected chi connectivity index (χ3v) is 2.95. The standard InChI is InChI=1S/C11H13BrFNO3/c1-14-5-7(15)9-10(12)6(13)4-8(16-2)11(9)17-3/h4,14H,5H2,1-3H3. The van der Waals surface area contributed by atoms with Gasteiger partial charge in [-0.2, -0.15) is 0 Å². The summed E-state index contributed by atoms with van der Waals surface area (Å²) in [7, 11) is 4.42. The molecule has 0 aliphatic rings. The molecule has 0 atom stereocenters. The lowest BCUT2D eigenvalue weighted by Gasteiger charge is -2.14. The van der Waals surface area contributed by atoms with Gasteiger partial charge >= 0.3 is 0 Å². The van der Waals surface area contributed by atoms with Crippen LogP contribution in [0.5, 0.6) is 11.5 Å². The number of carbonyl (C=O) groups is 1. The van der Waals surface area contributed by atoms with Crippen molar-refractivity contribution >= 4 is 21.7 Å². The van der Waals surface area contributed by atoms with E-state index in [4.69, 9.17) is 9.47 Å². The average molecular weight is 306 g/mol. The fraction of sp³-hybridized carbons (Fsp3) is 0.364. The van der Waals surface area contributed by atoms with Gasteiger partial charge < -0.3 is 14.8 Å². The fourth-order valence-electron chi connectivity index (χ4n) is 1.44. The molecule has 17 heavy (non-hydrogen) atoms. The zero-order valence-electron chi connectivity index (χ0n) is 9.77. The number of methoxy groups -OCH3 is 2. The largest absolute Gasteiger partial charge is 0.493 e. The molecule has 0 amide bonds. The summed E-state index contributed by atoms with van der Waals surface area (Å²) >= 11 is 3.05. The lowest BCUT2D eigenvalue weighted by molar-refractivity contribution is 0.0988. The van der Waals surface area contributed by atoms with Crippen molar-refractivity contribution in [3.05, 3.63) is 21.9 Å². The van der Waals surface area contributed by atoms with Crippen LogP contribution in [-0.2, 0) is 0 Å². The van der Waals surface area contributed by atoms with Crippen LogP contribution in [0.25, 0.3) is 0 Å². The van der Waals surface area contributed by atoms with E-state index in [9.17, 15) is 9.18 Å². The van der Waals surface area contributed by atoms with Crippen LogP contribution in [0.1, 0.15) is 10.4 Å². The minimum absolute atomic E-state index is 0.0791. The molecule has 6 heteroatoms. The highest BCUT2D eigenvalue weighted by atomic mass is 79.9. The van der Waals surface area contributed by atoms with Crippen molar-refractivity contribution in [3.63, 3.8) is 0 Å². The van der Waals surface area contributed by atoms with Crippen LogP contribution < -0.4 is 14.8 Å². The second-order valence-corrected chi connectivity index (χ2v) is 4.03. The van der Waals surface area contributed by atoms with E-state index in [-0.39, 0.29) is 33.9 Å². The van der Waals surface area contributed by atoms with E-state index >= 15 is 0 Å². The van der Waals surface area contributed by atoms with Gasteiger partial charge in [-0.05, 0) is 23.0 Å². The topological polar surface area (TPSA) is 47.6 Å². The van der Waals surface area contributed by atoms with Crippen molar-refractivity contribution in [1.82, 2.24) is 5.32 Å². The third-order valence-electron chi connectivity index (χ3n) is 2.18. The van der Waals surface area contributed by atoms with E-state index < -0.39 is 5.82 Å². The molecule has 0 fully saturated rings. The van der Waals surface area contributed by atoms with Crippen LogP contribution in [0, 0.1) is 5.82 Å². The van der Waals surface area contributed by atoms with E-state index in [0.29, 0.717) is 0 Å². The number of likely N-dealkylation sites (N-methyl/N-ethyl adjacent to an activating group) is 1. The van der Waals surface area contributed by atoms with Gasteiger partial charge in [0.05, 0.1) is 30.8 Å². The molecule has 0 aromatic heterocycles. The Balaban J connectivity index is 3.43. The Labute approximate surface area is 107 Å². The maximum absolute atomic E-state index is 13.6. The summed E-state index contributed by atoms with van der Waals surface area (Å²) in [4.78, 5) is 11.9. The van der Waals surface area contributed by atoms with Crippen molar-refractivity contribution in [2.75, 3.05) is 27.8 Å². The summed E-state index contributed by atoms with van der Waals surface area (Å²) in [6.45, 7) is 0.0849. The minimum Gasteiger partial charge on any atom is -0.493 e. The maximum Gasteiger partial charge on any atom is 0.181 e. The number of carbonyl (C=O) groups excluding carboxylic acids is 1. The Morgan fingerprint density at radius 1 is 1.47 bits per heavy atom. The Morgan fingerprint density at radius 2 is 2.12 bits per heavy atom. The molecule has 0 saturated heterocycles. The third kappa shape index (κ3) is 2.76. The average Bonchev–Trinajstić information content (AvgIpc) is 2.31. The number of hydrogen-bond donors (Lipinski definition) is 1. The Morgan fingerprint density at radius 3 is 2.59 bits per heavy atom. The zero-order valence-corrected chi connectivity index (χ0v) is 11.4. The number of Topliss-reactive ketones (excluding diaryl/α,β-unsaturated/α-hetero) is 1. The van der Waals surface area contributed by atoms with Crippen LogP contribution in [0.4, 0.5) is 4.39 Å². The van der Waals surface area contributed by atoms with Crippen LogP contribution in [0.3, 0.4) is 0 Å². The molecular formula is C11H13BrFNO3. The summed E-state index contributed by atoms with van der Waals surface area (Å²) < 4.78 is 23.8. The highest BCUT2D eigenvalue weighted by Gasteiger charge is 2.23. The second kappa shape index (κ2) is 5.97. The first-order chi connectivity index (χ1) is 8.06. The van der Waals surface area contributed by atoms with E-state index in [0.717, 1.165) is 0 Å². The summed E-state index contributed by atoms with van der Waals surface area (Å²) in [6.07, 6.45) is 0. The number of ether oxygens (including phenoxy) is 2. The molecule has 94 valence electrons. The smallest absolute Gasteiger partial charge is 0.181 e. The van der Waals surface area contributed by atoms with Crippen LogP contribution >= 0.6 is 15.9 Å². The van der Waals surface area contributed by atoms with Crippen LogP contribution in [-0.4, -0.2) is 33.6 Å². The molecule has 0 radical (unpaired) electrons. The lowest BCUT2D eigenvalue weighted by atomic mass is 10.1. The van der Waals surface area contributed by atoms with Crippen molar-refractivity contribution < 1.29 is 18.7 Å². The number of hydrogen-bond acceptors (Lipinski definition) is 4. The van der Waals surface area contributed by atoms with Crippen molar-refractivity contribution in [1.29, 1.82) is 0 Å². The summed E-state index contributed by atoms with van der Waals surface area (Å²) in [6, 6.07) is 1.17. The molecule has 1 rings (SSSR count). The zero-order chi connectivity index (χ0) is 13.0. The minimum atomic E-state index is -0.567. The quantitative estimate of drug-likeness (QED) is 0.845. The first kappa shape index (κ1) is 13.9. The van der Waals surface area contributed by atoms with Gasteiger partial charge in [-0.25, -0.2) is 4.39 Å². The normalized spacial score (nSPS) is 10.2. The van der Waals surface area contributed by atoms with Crippen LogP contribution in [0.15, 0.2) is 10.5 Å². The number of ketones is 1. The van der Waals surface area contributed by atoms with Crippen molar-refractivity contribution in [2.24, 2.45) is 0 Å². The van der Waals surface area contributed by atoms with E-state index in [1.54, 1.807) is 7.05 Å². The van der Waals surface area contributed by atoms with Gasteiger partial charge in [-0.3, -0.25) is 4.79 Å². The molecule has 0 unspecified atom stereocenters. The molecule has 0 bridgehead atoms. The molecule has 0 spiro atoms. The van der Waals surface area contributed by atoms with Crippen LogP contribution in [0.2, 0.25) is 0 Å². The molecule has 1 aromatic rings. The summed E-state index contributed by atoms with van der Waals surface area (Å²) in [5, 5.41) is 2.71. The highest BCUT2D eigenvalue weighted by Crippen LogP contribution is 2.38. The number of halogens is 2. The molecule has 4 nitrogen and oxygen atoms in total. The second-order valence-electron chi connectivity index (χ2n) is 3.24. The van der Waals surface area contributed by atoms with Gasteiger partial charge in [0.2, 0.25) is 0 Å². The lowest BCUT2D eigenvalue weighted by Crippen LogP contribution is -2.20.